The first kappa shape index (κ1) is 29.7. The van der Waals surface area contributed by atoms with Crippen LogP contribution in [0.2, 0.25) is 0 Å². The van der Waals surface area contributed by atoms with Gasteiger partial charge in [0.1, 0.15) is 6.04 Å². The standard InChI is InChI=1S/C25H35N3O6S2/c1-15(2)14-18(22(32)27(5)25(36,23(33)34)24(3,4)35)26-19(29)12-8-9-13-28-20(30)16-10-6-7-11-17(16)21(28)31/h6-7,10-11,15,18,35-36H,8-9,12-14H2,1-5H3,(H,26,29)(H,33,34)/t18-,25+/m0/s1. The Morgan fingerprint density at radius 1 is 1.06 bits per heavy atom. The Morgan fingerprint density at radius 2 is 1.58 bits per heavy atom. The van der Waals surface area contributed by atoms with Gasteiger partial charge in [-0.2, -0.15) is 12.6 Å². The fraction of sp³-hybridized carbons (Fsp3) is 0.560. The van der Waals surface area contributed by atoms with E-state index in [0.29, 0.717) is 30.4 Å². The van der Waals surface area contributed by atoms with Crippen molar-refractivity contribution in [1.29, 1.82) is 0 Å². The maximum absolute atomic E-state index is 13.3. The van der Waals surface area contributed by atoms with Crippen LogP contribution in [0.15, 0.2) is 24.3 Å². The van der Waals surface area contributed by atoms with Crippen LogP contribution in [0, 0.1) is 5.92 Å². The van der Waals surface area contributed by atoms with Gasteiger partial charge in [-0.05, 0) is 51.2 Å². The van der Waals surface area contributed by atoms with Gasteiger partial charge < -0.3 is 15.3 Å². The van der Waals surface area contributed by atoms with Crippen molar-refractivity contribution < 1.29 is 29.1 Å². The lowest BCUT2D eigenvalue weighted by molar-refractivity contribution is -0.153. The van der Waals surface area contributed by atoms with E-state index in [9.17, 15) is 29.1 Å². The van der Waals surface area contributed by atoms with Crippen LogP contribution in [-0.2, 0) is 14.4 Å². The number of carbonyl (C=O) groups is 5. The van der Waals surface area contributed by atoms with Crippen molar-refractivity contribution in [3.8, 4) is 0 Å². The van der Waals surface area contributed by atoms with Gasteiger partial charge in [0, 0.05) is 20.0 Å². The molecule has 198 valence electrons. The molecule has 0 aliphatic carbocycles. The van der Waals surface area contributed by atoms with Crippen molar-refractivity contribution in [3.05, 3.63) is 35.4 Å². The molecule has 0 fully saturated rings. The zero-order chi connectivity index (χ0) is 27.4. The van der Waals surface area contributed by atoms with E-state index in [2.05, 4.69) is 30.6 Å². The third-order valence-electron chi connectivity index (χ3n) is 6.22. The molecule has 1 aromatic rings. The number of likely N-dealkylation sites (N-methyl/N-ethyl adjacent to an activating group) is 1. The summed E-state index contributed by atoms with van der Waals surface area (Å²) in [6, 6.07) is 5.70. The molecule has 0 saturated carbocycles. The van der Waals surface area contributed by atoms with Crippen LogP contribution in [0.3, 0.4) is 0 Å². The SMILES string of the molecule is CC(C)C[C@H](NC(=O)CCCCN1C(=O)c2ccccc2C1=O)C(=O)N(C)[C@@](S)(C(=O)O)C(C)(C)S. The molecule has 36 heavy (non-hydrogen) atoms. The van der Waals surface area contributed by atoms with E-state index >= 15 is 0 Å². The van der Waals surface area contributed by atoms with E-state index in [-0.39, 0.29) is 36.6 Å². The maximum Gasteiger partial charge on any atom is 0.341 e. The molecule has 0 radical (unpaired) electrons. The van der Waals surface area contributed by atoms with Crippen molar-refractivity contribution in [2.24, 2.45) is 5.92 Å². The molecule has 1 aromatic carbocycles. The van der Waals surface area contributed by atoms with Gasteiger partial charge in [-0.3, -0.25) is 24.1 Å². The van der Waals surface area contributed by atoms with Gasteiger partial charge in [-0.1, -0.05) is 26.0 Å². The summed E-state index contributed by atoms with van der Waals surface area (Å²) in [5.74, 6) is -2.93. The summed E-state index contributed by atoms with van der Waals surface area (Å²) in [7, 11) is 1.34. The van der Waals surface area contributed by atoms with Crippen molar-refractivity contribution in [2.45, 2.75) is 69.0 Å². The van der Waals surface area contributed by atoms with Gasteiger partial charge in [0.2, 0.25) is 11.8 Å². The number of hydrogen-bond donors (Lipinski definition) is 4. The van der Waals surface area contributed by atoms with E-state index in [0.717, 1.165) is 4.90 Å². The highest BCUT2D eigenvalue weighted by molar-refractivity contribution is 7.87. The third-order valence-corrected chi connectivity index (χ3v) is 7.77. The van der Waals surface area contributed by atoms with Crippen molar-refractivity contribution in [2.75, 3.05) is 13.6 Å². The molecule has 4 amide bonds. The smallest absolute Gasteiger partial charge is 0.341 e. The lowest BCUT2D eigenvalue weighted by atomic mass is 9.97. The Morgan fingerprint density at radius 3 is 2.03 bits per heavy atom. The lowest BCUT2D eigenvalue weighted by Gasteiger charge is -2.44. The molecule has 0 bridgehead atoms. The molecule has 2 atom stereocenters. The van der Waals surface area contributed by atoms with E-state index in [1.54, 1.807) is 38.1 Å². The molecule has 0 unspecified atom stereocenters. The summed E-state index contributed by atoms with van der Waals surface area (Å²) in [6.07, 6.45) is 1.21. The van der Waals surface area contributed by atoms with Crippen LogP contribution in [0.25, 0.3) is 0 Å². The number of thiol groups is 2. The highest BCUT2D eigenvalue weighted by Gasteiger charge is 2.53. The number of nitrogens with zero attached hydrogens (tertiary/aromatic N) is 2. The number of imide groups is 1. The Labute approximate surface area is 222 Å². The number of carbonyl (C=O) groups excluding carboxylic acids is 4. The summed E-state index contributed by atoms with van der Waals surface area (Å²) in [5, 5.41) is 12.5. The molecule has 0 spiro atoms. The number of nitrogens with one attached hydrogen (secondary N) is 1. The summed E-state index contributed by atoms with van der Waals surface area (Å²) < 4.78 is -1.19. The van der Waals surface area contributed by atoms with E-state index in [1.807, 2.05) is 13.8 Å². The first-order valence-electron chi connectivity index (χ1n) is 11.8. The largest absolute Gasteiger partial charge is 0.479 e. The number of unbranched alkanes of at least 4 members (excludes halogenated alkanes) is 1. The number of aliphatic carboxylic acids is 1. The first-order chi connectivity index (χ1) is 16.6. The predicted molar refractivity (Wildman–Crippen MR) is 142 cm³/mol. The molecular formula is C25H35N3O6S2. The van der Waals surface area contributed by atoms with Crippen LogP contribution >= 0.6 is 25.3 Å². The third kappa shape index (κ3) is 6.23. The maximum atomic E-state index is 13.3. The number of hydrogen-bond acceptors (Lipinski definition) is 7. The van der Waals surface area contributed by atoms with Crippen LogP contribution in [0.5, 0.6) is 0 Å². The molecule has 9 nitrogen and oxygen atoms in total. The zero-order valence-corrected chi connectivity index (χ0v) is 23.1. The number of fused-ring (bicyclic) bond motifs is 1. The first-order valence-corrected chi connectivity index (χ1v) is 12.7. The Kier molecular flexibility index (Phi) is 9.64. The molecule has 2 N–H and O–H groups in total. The molecular weight excluding hydrogens is 502 g/mol. The normalized spacial score (nSPS) is 15.9. The van der Waals surface area contributed by atoms with Gasteiger partial charge in [-0.15, -0.1) is 12.6 Å². The van der Waals surface area contributed by atoms with Crippen molar-refractivity contribution >= 4 is 54.9 Å². The second kappa shape index (κ2) is 11.7. The average molecular weight is 538 g/mol. The number of amides is 4. The Balaban J connectivity index is 1.98. The van der Waals surface area contributed by atoms with Crippen LogP contribution in [0.4, 0.5) is 0 Å². The van der Waals surface area contributed by atoms with Gasteiger partial charge in [0.25, 0.3) is 11.8 Å². The second-order valence-corrected chi connectivity index (χ2v) is 11.7. The minimum Gasteiger partial charge on any atom is -0.479 e. The summed E-state index contributed by atoms with van der Waals surface area (Å²) in [6.45, 7) is 7.07. The Hall–Kier alpha value is -2.53. The highest BCUT2D eigenvalue weighted by Crippen LogP contribution is 2.37. The van der Waals surface area contributed by atoms with Crippen molar-refractivity contribution in [3.63, 3.8) is 0 Å². The topological polar surface area (TPSA) is 124 Å². The average Bonchev–Trinajstić information content (AvgIpc) is 3.03. The molecule has 1 aliphatic rings. The fourth-order valence-corrected chi connectivity index (χ4v) is 4.51. The molecule has 11 heteroatoms. The quantitative estimate of drug-likeness (QED) is 0.141. The Bertz CT molecular complexity index is 1000. The monoisotopic (exact) mass is 537 g/mol. The van der Waals surface area contributed by atoms with Crippen LogP contribution in [-0.4, -0.2) is 73.8 Å². The van der Waals surface area contributed by atoms with Gasteiger partial charge in [0.05, 0.1) is 15.9 Å². The van der Waals surface area contributed by atoms with Gasteiger partial charge in [0.15, 0.2) is 4.87 Å². The molecule has 0 aromatic heterocycles. The number of carboxylic acid groups (broad SMARTS) is 1. The van der Waals surface area contributed by atoms with Gasteiger partial charge in [-0.25, -0.2) is 4.79 Å². The van der Waals surface area contributed by atoms with Crippen LogP contribution in [0.1, 0.15) is 74.1 Å². The van der Waals surface area contributed by atoms with Gasteiger partial charge >= 0.3 is 5.97 Å². The number of rotatable bonds is 12. The van der Waals surface area contributed by atoms with E-state index < -0.39 is 27.5 Å². The summed E-state index contributed by atoms with van der Waals surface area (Å²) in [5.41, 5.74) is 0.760. The molecule has 2 rings (SSSR count). The molecule has 0 saturated heterocycles. The number of benzene rings is 1. The highest BCUT2D eigenvalue weighted by atomic mass is 32.1. The predicted octanol–water partition coefficient (Wildman–Crippen LogP) is 2.86. The lowest BCUT2D eigenvalue weighted by Crippen LogP contribution is -2.64. The van der Waals surface area contributed by atoms with E-state index in [4.69, 9.17) is 0 Å². The molecule has 1 aliphatic heterocycles. The molecule has 1 heterocycles. The zero-order valence-electron chi connectivity index (χ0n) is 21.3. The second-order valence-electron chi connectivity index (χ2n) is 9.95. The van der Waals surface area contributed by atoms with Crippen molar-refractivity contribution in [1.82, 2.24) is 15.1 Å². The minimum absolute atomic E-state index is 0.0460. The van der Waals surface area contributed by atoms with E-state index in [1.165, 1.54) is 11.9 Å². The summed E-state index contributed by atoms with van der Waals surface area (Å²) >= 11 is 8.66. The number of carboxylic acids is 1. The minimum atomic E-state index is -1.92. The fourth-order valence-electron chi connectivity index (χ4n) is 4.17. The summed E-state index contributed by atoms with van der Waals surface area (Å²) in [4.78, 5) is 63.2. The van der Waals surface area contributed by atoms with Crippen LogP contribution < -0.4 is 5.32 Å².